The van der Waals surface area contributed by atoms with Crippen LogP contribution in [0.3, 0.4) is 0 Å². The highest BCUT2D eigenvalue weighted by molar-refractivity contribution is 5.92. The largest absolute Gasteiger partial charge is 0.369 e. The maximum Gasteiger partial charge on any atom is 0.271 e. The summed E-state index contributed by atoms with van der Waals surface area (Å²) in [7, 11) is 0. The minimum atomic E-state index is -0.204. The van der Waals surface area contributed by atoms with Crippen LogP contribution < -0.4 is 10.6 Å². The van der Waals surface area contributed by atoms with E-state index < -0.39 is 0 Å². The zero-order valence-corrected chi connectivity index (χ0v) is 12.3. The average Bonchev–Trinajstić information content (AvgIpc) is 2.53. The van der Waals surface area contributed by atoms with Gasteiger partial charge in [-0.15, -0.1) is 0 Å². The number of benzene rings is 1. The summed E-state index contributed by atoms with van der Waals surface area (Å²) >= 11 is 0. The molecule has 1 amide bonds. The van der Waals surface area contributed by atoms with E-state index in [-0.39, 0.29) is 11.8 Å². The van der Waals surface area contributed by atoms with Crippen molar-refractivity contribution in [2.75, 3.05) is 18.4 Å². The van der Waals surface area contributed by atoms with Crippen LogP contribution in [0.4, 0.5) is 5.82 Å². The second-order valence-electron chi connectivity index (χ2n) is 4.84. The SMILES string of the molecule is CCNc1cncc(C(=O)NCC(C)c2ccccc2)n1. The lowest BCUT2D eigenvalue weighted by atomic mass is 10.0. The van der Waals surface area contributed by atoms with Gasteiger partial charge >= 0.3 is 0 Å². The van der Waals surface area contributed by atoms with Crippen molar-refractivity contribution in [3.63, 3.8) is 0 Å². The number of nitrogens with one attached hydrogen (secondary N) is 2. The third-order valence-electron chi connectivity index (χ3n) is 3.16. The second kappa shape index (κ2) is 7.38. The van der Waals surface area contributed by atoms with Gasteiger partial charge in [-0.05, 0) is 18.4 Å². The molecular weight excluding hydrogens is 264 g/mol. The molecule has 5 nitrogen and oxygen atoms in total. The lowest BCUT2D eigenvalue weighted by molar-refractivity contribution is 0.0946. The summed E-state index contributed by atoms with van der Waals surface area (Å²) in [6, 6.07) is 10.1. The van der Waals surface area contributed by atoms with E-state index in [0.29, 0.717) is 18.1 Å². The topological polar surface area (TPSA) is 66.9 Å². The van der Waals surface area contributed by atoms with Crippen molar-refractivity contribution in [2.45, 2.75) is 19.8 Å². The van der Waals surface area contributed by atoms with Crippen molar-refractivity contribution in [1.29, 1.82) is 0 Å². The van der Waals surface area contributed by atoms with Gasteiger partial charge in [0.05, 0.1) is 12.4 Å². The molecule has 21 heavy (non-hydrogen) atoms. The third-order valence-corrected chi connectivity index (χ3v) is 3.16. The predicted octanol–water partition coefficient (Wildman–Crippen LogP) is 2.44. The number of hydrogen-bond acceptors (Lipinski definition) is 4. The van der Waals surface area contributed by atoms with E-state index in [0.717, 1.165) is 6.54 Å². The van der Waals surface area contributed by atoms with Gasteiger partial charge in [0.25, 0.3) is 5.91 Å². The molecule has 1 unspecified atom stereocenters. The Morgan fingerprint density at radius 3 is 2.71 bits per heavy atom. The first-order valence-electron chi connectivity index (χ1n) is 7.09. The molecule has 0 aliphatic rings. The van der Waals surface area contributed by atoms with E-state index in [4.69, 9.17) is 0 Å². The number of carbonyl (C=O) groups is 1. The summed E-state index contributed by atoms with van der Waals surface area (Å²) in [6.45, 7) is 5.35. The lowest BCUT2D eigenvalue weighted by Crippen LogP contribution is -2.28. The van der Waals surface area contributed by atoms with Crippen LogP contribution in [-0.2, 0) is 0 Å². The Balaban J connectivity index is 1.94. The molecule has 1 atom stereocenters. The second-order valence-corrected chi connectivity index (χ2v) is 4.84. The Labute approximate surface area is 124 Å². The number of amides is 1. The van der Waals surface area contributed by atoms with Gasteiger partial charge in [-0.3, -0.25) is 9.78 Å². The van der Waals surface area contributed by atoms with Crippen LogP contribution in [0.25, 0.3) is 0 Å². The molecular formula is C16H20N4O. The van der Waals surface area contributed by atoms with Gasteiger partial charge in [-0.1, -0.05) is 37.3 Å². The lowest BCUT2D eigenvalue weighted by Gasteiger charge is -2.13. The Morgan fingerprint density at radius 2 is 2.00 bits per heavy atom. The number of hydrogen-bond donors (Lipinski definition) is 2. The van der Waals surface area contributed by atoms with Gasteiger partial charge in [0.2, 0.25) is 0 Å². The van der Waals surface area contributed by atoms with Crippen molar-refractivity contribution in [3.8, 4) is 0 Å². The smallest absolute Gasteiger partial charge is 0.271 e. The quantitative estimate of drug-likeness (QED) is 0.855. The van der Waals surface area contributed by atoms with E-state index in [2.05, 4.69) is 39.7 Å². The first kappa shape index (κ1) is 15.0. The molecule has 2 aromatic rings. The van der Waals surface area contributed by atoms with Crippen LogP contribution in [0, 0.1) is 0 Å². The fraction of sp³-hybridized carbons (Fsp3) is 0.312. The standard InChI is InChI=1S/C16H20N4O/c1-3-18-15-11-17-10-14(20-15)16(21)19-9-12(2)13-7-5-4-6-8-13/h4-8,10-12H,3,9H2,1-2H3,(H,18,20)(H,19,21). The van der Waals surface area contributed by atoms with E-state index in [9.17, 15) is 4.79 Å². The van der Waals surface area contributed by atoms with Crippen molar-refractivity contribution >= 4 is 11.7 Å². The molecule has 5 heteroatoms. The Kier molecular flexibility index (Phi) is 5.26. The molecule has 0 radical (unpaired) electrons. The fourth-order valence-corrected chi connectivity index (χ4v) is 1.98. The molecule has 0 spiro atoms. The normalized spacial score (nSPS) is 11.7. The van der Waals surface area contributed by atoms with Crippen LogP contribution in [0.5, 0.6) is 0 Å². The number of aromatic nitrogens is 2. The maximum atomic E-state index is 12.1. The van der Waals surface area contributed by atoms with Gasteiger partial charge < -0.3 is 10.6 Å². The van der Waals surface area contributed by atoms with Gasteiger partial charge in [0.1, 0.15) is 11.5 Å². The van der Waals surface area contributed by atoms with Crippen LogP contribution in [-0.4, -0.2) is 29.0 Å². The number of rotatable bonds is 6. The highest BCUT2D eigenvalue weighted by Crippen LogP contribution is 2.13. The fourth-order valence-electron chi connectivity index (χ4n) is 1.98. The monoisotopic (exact) mass is 284 g/mol. The van der Waals surface area contributed by atoms with Crippen molar-refractivity contribution in [1.82, 2.24) is 15.3 Å². The molecule has 2 N–H and O–H groups in total. The average molecular weight is 284 g/mol. The van der Waals surface area contributed by atoms with Gasteiger partial charge in [-0.2, -0.15) is 0 Å². The molecule has 1 heterocycles. The molecule has 0 saturated carbocycles. The number of nitrogens with zero attached hydrogens (tertiary/aromatic N) is 2. The number of anilines is 1. The van der Waals surface area contributed by atoms with E-state index in [1.54, 1.807) is 6.20 Å². The van der Waals surface area contributed by atoms with E-state index in [1.165, 1.54) is 11.8 Å². The highest BCUT2D eigenvalue weighted by Gasteiger charge is 2.11. The van der Waals surface area contributed by atoms with Gasteiger partial charge in [0.15, 0.2) is 0 Å². The summed E-state index contributed by atoms with van der Waals surface area (Å²) in [5, 5.41) is 5.94. The molecule has 0 saturated heterocycles. The molecule has 0 aliphatic heterocycles. The Morgan fingerprint density at radius 1 is 1.24 bits per heavy atom. The summed E-state index contributed by atoms with van der Waals surface area (Å²) in [5.74, 6) is 0.659. The molecule has 2 rings (SSSR count). The molecule has 1 aromatic carbocycles. The van der Waals surface area contributed by atoms with Gasteiger partial charge in [-0.25, -0.2) is 4.98 Å². The van der Waals surface area contributed by atoms with Crippen LogP contribution >= 0.6 is 0 Å². The molecule has 110 valence electrons. The third kappa shape index (κ3) is 4.27. The zero-order valence-electron chi connectivity index (χ0n) is 12.3. The highest BCUT2D eigenvalue weighted by atomic mass is 16.1. The summed E-state index contributed by atoms with van der Waals surface area (Å²) in [5.41, 5.74) is 1.53. The van der Waals surface area contributed by atoms with Crippen molar-refractivity contribution < 1.29 is 4.79 Å². The first-order chi connectivity index (χ1) is 10.2. The summed E-state index contributed by atoms with van der Waals surface area (Å²) in [6.07, 6.45) is 3.08. The van der Waals surface area contributed by atoms with Crippen LogP contribution in [0.1, 0.15) is 35.8 Å². The Hall–Kier alpha value is -2.43. The Bertz CT molecular complexity index is 586. The summed E-state index contributed by atoms with van der Waals surface area (Å²) in [4.78, 5) is 20.3. The molecule has 1 aromatic heterocycles. The van der Waals surface area contributed by atoms with Crippen molar-refractivity contribution in [3.05, 3.63) is 54.0 Å². The molecule has 0 aliphatic carbocycles. The zero-order chi connectivity index (χ0) is 15.1. The minimum absolute atomic E-state index is 0.204. The van der Waals surface area contributed by atoms with Crippen LogP contribution in [0.2, 0.25) is 0 Å². The molecule has 0 bridgehead atoms. The maximum absolute atomic E-state index is 12.1. The number of carbonyl (C=O) groups excluding carboxylic acids is 1. The first-order valence-corrected chi connectivity index (χ1v) is 7.09. The van der Waals surface area contributed by atoms with E-state index in [1.807, 2.05) is 25.1 Å². The minimum Gasteiger partial charge on any atom is -0.369 e. The summed E-state index contributed by atoms with van der Waals surface area (Å²) < 4.78 is 0. The molecule has 0 fully saturated rings. The predicted molar refractivity (Wildman–Crippen MR) is 83.4 cm³/mol. The van der Waals surface area contributed by atoms with Crippen molar-refractivity contribution in [2.24, 2.45) is 0 Å². The van der Waals surface area contributed by atoms with Gasteiger partial charge in [0, 0.05) is 13.1 Å². The van der Waals surface area contributed by atoms with Crippen LogP contribution in [0.15, 0.2) is 42.7 Å². The van der Waals surface area contributed by atoms with E-state index >= 15 is 0 Å².